The SMILES string of the molecule is O=C(CN1CCC(COC(F)F)(C(=O)Cc2ccc3[nH]nc(-c4ccnc(C5CC5)c4)c3c2)C1)N1CC=C(c2ccc(-c3ncccn3)cc2)CC1. The topological polar surface area (TPSA) is 117 Å². The first kappa shape index (κ1) is 33.9. The number of ether oxygens (including phenoxy) is 1. The van der Waals surface area contributed by atoms with Crippen LogP contribution in [-0.4, -0.2) is 92.6 Å². The molecule has 1 saturated heterocycles. The molecule has 5 aromatic rings. The van der Waals surface area contributed by atoms with E-state index in [4.69, 9.17) is 4.74 Å². The molecule has 3 aromatic heterocycles. The molecule has 10 nitrogen and oxygen atoms in total. The van der Waals surface area contributed by atoms with Gasteiger partial charge in [-0.2, -0.15) is 13.9 Å². The second-order valence-electron chi connectivity index (χ2n) is 14.1. The van der Waals surface area contributed by atoms with Gasteiger partial charge >= 0.3 is 6.61 Å². The van der Waals surface area contributed by atoms with E-state index in [1.54, 1.807) is 23.4 Å². The Morgan fingerprint density at radius 3 is 2.50 bits per heavy atom. The quantitative estimate of drug-likeness (QED) is 0.161. The summed E-state index contributed by atoms with van der Waals surface area (Å²) in [5.74, 6) is 0.943. The van der Waals surface area contributed by atoms with Crippen LogP contribution in [0.1, 0.15) is 48.4 Å². The molecule has 2 aliphatic heterocycles. The maximum absolute atomic E-state index is 14.0. The van der Waals surface area contributed by atoms with Crippen molar-refractivity contribution < 1.29 is 23.1 Å². The molecule has 8 rings (SSSR count). The summed E-state index contributed by atoms with van der Waals surface area (Å²) in [5.41, 5.74) is 6.46. The summed E-state index contributed by atoms with van der Waals surface area (Å²) in [6, 6.07) is 19.6. The van der Waals surface area contributed by atoms with Gasteiger partial charge in [0.15, 0.2) is 5.82 Å². The number of fused-ring (bicyclic) bond motifs is 1. The molecule has 2 fully saturated rings. The van der Waals surface area contributed by atoms with Gasteiger partial charge in [0, 0.05) is 72.8 Å². The number of alkyl halides is 2. The van der Waals surface area contributed by atoms with Crippen molar-refractivity contribution in [2.45, 2.75) is 44.6 Å². The number of pyridine rings is 1. The minimum absolute atomic E-state index is 0.0520. The summed E-state index contributed by atoms with van der Waals surface area (Å²) in [6.45, 7) is -1.63. The Hall–Kier alpha value is -5.20. The molecule has 12 heteroatoms. The van der Waals surface area contributed by atoms with Crippen LogP contribution < -0.4 is 0 Å². The van der Waals surface area contributed by atoms with Gasteiger partial charge in [0.05, 0.1) is 24.1 Å². The van der Waals surface area contributed by atoms with Crippen molar-refractivity contribution in [3.63, 3.8) is 0 Å². The number of aromatic nitrogens is 5. The lowest BCUT2D eigenvalue weighted by Gasteiger charge is -2.30. The highest BCUT2D eigenvalue weighted by atomic mass is 19.3. The van der Waals surface area contributed by atoms with Crippen molar-refractivity contribution in [1.29, 1.82) is 0 Å². The Labute approximate surface area is 299 Å². The van der Waals surface area contributed by atoms with E-state index in [1.165, 1.54) is 5.57 Å². The van der Waals surface area contributed by atoms with Gasteiger partial charge in [-0.1, -0.05) is 36.4 Å². The highest BCUT2D eigenvalue weighted by molar-refractivity contribution is 5.95. The van der Waals surface area contributed by atoms with Crippen LogP contribution >= 0.6 is 0 Å². The molecular weight excluding hydrogens is 664 g/mol. The number of halogens is 2. The van der Waals surface area contributed by atoms with E-state index < -0.39 is 18.6 Å². The first-order valence-corrected chi connectivity index (χ1v) is 17.8. The molecule has 2 aromatic carbocycles. The molecule has 1 atom stereocenters. The Bertz CT molecular complexity index is 2120. The minimum Gasteiger partial charge on any atom is -0.338 e. The number of Topliss-reactive ketones (excluding diaryl/α,β-unsaturated/α-hetero) is 1. The first-order chi connectivity index (χ1) is 25.3. The third kappa shape index (κ3) is 7.26. The van der Waals surface area contributed by atoms with Crippen LogP contribution in [-0.2, 0) is 20.7 Å². The maximum Gasteiger partial charge on any atom is 0.345 e. The summed E-state index contributed by atoms with van der Waals surface area (Å²) < 4.78 is 31.5. The summed E-state index contributed by atoms with van der Waals surface area (Å²) in [4.78, 5) is 44.3. The molecular formula is C40H39F2N7O3. The third-order valence-electron chi connectivity index (χ3n) is 10.6. The summed E-state index contributed by atoms with van der Waals surface area (Å²) in [7, 11) is 0. The predicted molar refractivity (Wildman–Crippen MR) is 192 cm³/mol. The number of benzene rings is 2. The Balaban J connectivity index is 0.918. The maximum atomic E-state index is 14.0. The van der Waals surface area contributed by atoms with Gasteiger partial charge in [-0.3, -0.25) is 24.6 Å². The zero-order chi connectivity index (χ0) is 35.7. The van der Waals surface area contributed by atoms with Gasteiger partial charge in [-0.15, -0.1) is 0 Å². The second kappa shape index (κ2) is 14.4. The van der Waals surface area contributed by atoms with E-state index >= 15 is 0 Å². The van der Waals surface area contributed by atoms with Crippen LogP contribution in [0.5, 0.6) is 0 Å². The number of likely N-dealkylation sites (tertiary alicyclic amines) is 1. The number of nitrogens with zero attached hydrogens (tertiary/aromatic N) is 6. The monoisotopic (exact) mass is 703 g/mol. The fraction of sp³-hybridized carbons (Fsp3) is 0.350. The number of hydrogen-bond donors (Lipinski definition) is 1. The summed E-state index contributed by atoms with van der Waals surface area (Å²) >= 11 is 0. The number of carbonyl (C=O) groups excluding carboxylic acids is 2. The van der Waals surface area contributed by atoms with Gasteiger partial charge in [-0.25, -0.2) is 9.97 Å². The lowest BCUT2D eigenvalue weighted by Crippen LogP contribution is -2.44. The van der Waals surface area contributed by atoms with Gasteiger partial charge in [-0.05, 0) is 79.3 Å². The minimum atomic E-state index is -3.00. The Morgan fingerprint density at radius 2 is 1.75 bits per heavy atom. The lowest BCUT2D eigenvalue weighted by atomic mass is 9.80. The van der Waals surface area contributed by atoms with Crippen molar-refractivity contribution >= 4 is 28.2 Å². The molecule has 1 unspecified atom stereocenters. The zero-order valence-electron chi connectivity index (χ0n) is 28.7. The van der Waals surface area contributed by atoms with Gasteiger partial charge < -0.3 is 9.64 Å². The molecule has 0 bridgehead atoms. The van der Waals surface area contributed by atoms with Gasteiger partial charge in [0.2, 0.25) is 5.91 Å². The van der Waals surface area contributed by atoms with E-state index in [2.05, 4.69) is 49.4 Å². The average molecular weight is 704 g/mol. The number of ketones is 1. The van der Waals surface area contributed by atoms with Gasteiger partial charge in [0.25, 0.3) is 0 Å². The number of nitrogens with one attached hydrogen (secondary N) is 1. The van der Waals surface area contributed by atoms with Gasteiger partial charge in [0.1, 0.15) is 11.5 Å². The predicted octanol–water partition coefficient (Wildman–Crippen LogP) is 6.32. The molecule has 1 amide bonds. The number of carbonyl (C=O) groups is 2. The van der Waals surface area contributed by atoms with Crippen LogP contribution in [0.2, 0.25) is 0 Å². The molecule has 1 N–H and O–H groups in total. The molecule has 1 aliphatic carbocycles. The van der Waals surface area contributed by atoms with E-state index in [0.717, 1.165) is 57.4 Å². The standard InChI is InChI=1S/C40H39F2N7O3/c41-39(42)52-25-40(35(50)21-26-2-9-33-32(20-26)37(47-46-33)31-10-16-43-34(22-31)29-5-6-29)13-19-48(24-40)23-36(51)49-17-11-28(12-18-49)27-3-7-30(8-4-27)38-44-14-1-15-45-38/h1-4,7-11,14-16,20,22,29,39H,5-6,12-13,17-19,21,23-25H2,(H,46,47). The zero-order valence-corrected chi connectivity index (χ0v) is 28.7. The van der Waals surface area contributed by atoms with Crippen molar-refractivity contribution in [1.82, 2.24) is 34.9 Å². The molecule has 0 spiro atoms. The van der Waals surface area contributed by atoms with Crippen LogP contribution in [0.3, 0.4) is 0 Å². The average Bonchev–Trinajstić information content (AvgIpc) is 3.82. The number of rotatable bonds is 12. The van der Waals surface area contributed by atoms with Crippen LogP contribution in [0.4, 0.5) is 8.78 Å². The fourth-order valence-electron chi connectivity index (χ4n) is 7.43. The van der Waals surface area contributed by atoms with Crippen molar-refractivity contribution in [2.75, 3.05) is 39.3 Å². The van der Waals surface area contributed by atoms with E-state index in [0.29, 0.717) is 44.2 Å². The van der Waals surface area contributed by atoms with Crippen LogP contribution in [0.15, 0.2) is 85.3 Å². The molecule has 52 heavy (non-hydrogen) atoms. The number of amides is 1. The van der Waals surface area contributed by atoms with Crippen LogP contribution in [0.25, 0.3) is 39.1 Å². The van der Waals surface area contributed by atoms with Crippen molar-refractivity contribution in [3.8, 4) is 22.6 Å². The number of hydrogen-bond acceptors (Lipinski definition) is 8. The smallest absolute Gasteiger partial charge is 0.338 e. The normalized spacial score (nSPS) is 19.4. The van der Waals surface area contributed by atoms with E-state index in [9.17, 15) is 18.4 Å². The van der Waals surface area contributed by atoms with E-state index in [1.807, 2.05) is 47.5 Å². The molecule has 1 saturated carbocycles. The Kier molecular flexibility index (Phi) is 9.42. The number of aromatic amines is 1. The van der Waals surface area contributed by atoms with Crippen LogP contribution in [0, 0.1) is 5.41 Å². The molecule has 0 radical (unpaired) electrons. The van der Waals surface area contributed by atoms with E-state index in [-0.39, 0.29) is 31.2 Å². The first-order valence-electron chi connectivity index (χ1n) is 17.8. The third-order valence-corrected chi connectivity index (χ3v) is 10.6. The molecule has 5 heterocycles. The molecule has 266 valence electrons. The highest BCUT2D eigenvalue weighted by Crippen LogP contribution is 2.40. The van der Waals surface area contributed by atoms with Crippen molar-refractivity contribution in [3.05, 3.63) is 102 Å². The number of H-pyrrole nitrogens is 1. The molecule has 3 aliphatic rings. The summed E-state index contributed by atoms with van der Waals surface area (Å²) in [5, 5.41) is 8.53. The fourth-order valence-corrected chi connectivity index (χ4v) is 7.43. The Morgan fingerprint density at radius 1 is 0.942 bits per heavy atom. The second-order valence-corrected chi connectivity index (χ2v) is 14.1. The largest absolute Gasteiger partial charge is 0.345 e. The van der Waals surface area contributed by atoms with Crippen molar-refractivity contribution in [2.24, 2.45) is 5.41 Å². The highest BCUT2D eigenvalue weighted by Gasteiger charge is 2.45. The summed E-state index contributed by atoms with van der Waals surface area (Å²) in [6.07, 6.45) is 10.7. The lowest BCUT2D eigenvalue weighted by molar-refractivity contribution is -0.160.